The fraction of sp³-hybridized carbons (Fsp3) is 1.00. The molecule has 1 atom stereocenters. The molecule has 1 N–H and O–H groups in total. The van der Waals surface area contributed by atoms with Crippen molar-refractivity contribution in [3.63, 3.8) is 0 Å². The summed E-state index contributed by atoms with van der Waals surface area (Å²) in [7, 11) is 0. The second-order valence-corrected chi connectivity index (χ2v) is 7.84. The summed E-state index contributed by atoms with van der Waals surface area (Å²) in [5.74, 6) is 0.880. The molecular formula is C19H38N2. The van der Waals surface area contributed by atoms with Crippen LogP contribution >= 0.6 is 0 Å². The SMILES string of the molecule is CCNC(C1CCCCCC1)C(C)(C)N1CCCCCC1. The van der Waals surface area contributed by atoms with Crippen molar-refractivity contribution in [2.24, 2.45) is 5.92 Å². The number of likely N-dealkylation sites (tertiary alicyclic amines) is 1. The zero-order valence-corrected chi connectivity index (χ0v) is 14.8. The summed E-state index contributed by atoms with van der Waals surface area (Å²) in [5, 5.41) is 3.90. The Bertz CT molecular complexity index is 271. The van der Waals surface area contributed by atoms with Crippen molar-refractivity contribution < 1.29 is 0 Å². The Labute approximate surface area is 133 Å². The molecule has 0 amide bonds. The molecule has 1 saturated heterocycles. The second-order valence-electron chi connectivity index (χ2n) is 7.84. The van der Waals surface area contributed by atoms with Gasteiger partial charge in [-0.05, 0) is 65.1 Å². The number of likely N-dealkylation sites (N-methyl/N-ethyl adjacent to an activating group) is 1. The van der Waals surface area contributed by atoms with E-state index in [1.807, 2.05) is 0 Å². The lowest BCUT2D eigenvalue weighted by Crippen LogP contribution is -2.60. The average Bonchev–Trinajstić information content (AvgIpc) is 2.89. The summed E-state index contributed by atoms with van der Waals surface area (Å²) >= 11 is 0. The van der Waals surface area contributed by atoms with Crippen LogP contribution in [-0.4, -0.2) is 36.1 Å². The number of hydrogen-bond donors (Lipinski definition) is 1. The minimum Gasteiger partial charge on any atom is -0.312 e. The van der Waals surface area contributed by atoms with E-state index in [0.29, 0.717) is 11.6 Å². The van der Waals surface area contributed by atoms with Crippen molar-refractivity contribution in [2.75, 3.05) is 19.6 Å². The molecule has 0 spiro atoms. The molecule has 1 heterocycles. The highest BCUT2D eigenvalue weighted by molar-refractivity contribution is 4.98. The highest BCUT2D eigenvalue weighted by Gasteiger charge is 2.39. The predicted molar refractivity (Wildman–Crippen MR) is 92.8 cm³/mol. The van der Waals surface area contributed by atoms with Crippen LogP contribution in [0.3, 0.4) is 0 Å². The van der Waals surface area contributed by atoms with E-state index in [4.69, 9.17) is 0 Å². The van der Waals surface area contributed by atoms with Gasteiger partial charge in [0, 0.05) is 11.6 Å². The summed E-state index contributed by atoms with van der Waals surface area (Å²) in [4.78, 5) is 2.80. The largest absolute Gasteiger partial charge is 0.312 e. The summed E-state index contributed by atoms with van der Waals surface area (Å²) < 4.78 is 0. The van der Waals surface area contributed by atoms with Crippen molar-refractivity contribution in [3.05, 3.63) is 0 Å². The van der Waals surface area contributed by atoms with Gasteiger partial charge < -0.3 is 5.32 Å². The predicted octanol–water partition coefficient (Wildman–Crippen LogP) is 4.59. The first kappa shape index (κ1) is 17.3. The van der Waals surface area contributed by atoms with Crippen molar-refractivity contribution in [3.8, 4) is 0 Å². The highest BCUT2D eigenvalue weighted by atomic mass is 15.2. The van der Waals surface area contributed by atoms with Crippen LogP contribution in [0.5, 0.6) is 0 Å². The fourth-order valence-corrected chi connectivity index (χ4v) is 4.70. The molecule has 124 valence electrons. The van der Waals surface area contributed by atoms with Crippen molar-refractivity contribution >= 4 is 0 Å². The monoisotopic (exact) mass is 294 g/mol. The first-order chi connectivity index (χ1) is 10.2. The first-order valence-corrected chi connectivity index (χ1v) is 9.64. The van der Waals surface area contributed by atoms with Crippen LogP contribution in [0.2, 0.25) is 0 Å². The molecule has 0 aromatic rings. The van der Waals surface area contributed by atoms with Crippen molar-refractivity contribution in [1.29, 1.82) is 0 Å². The molecule has 1 aliphatic heterocycles. The smallest absolute Gasteiger partial charge is 0.0308 e. The van der Waals surface area contributed by atoms with Crippen LogP contribution in [0.25, 0.3) is 0 Å². The van der Waals surface area contributed by atoms with E-state index >= 15 is 0 Å². The zero-order valence-electron chi connectivity index (χ0n) is 14.8. The van der Waals surface area contributed by atoms with E-state index in [9.17, 15) is 0 Å². The molecule has 1 aliphatic carbocycles. The van der Waals surface area contributed by atoms with E-state index in [0.717, 1.165) is 12.5 Å². The molecule has 2 heteroatoms. The van der Waals surface area contributed by atoms with Gasteiger partial charge in [0.2, 0.25) is 0 Å². The molecule has 0 aromatic carbocycles. The van der Waals surface area contributed by atoms with Crippen molar-refractivity contribution in [2.45, 2.75) is 96.6 Å². The Balaban J connectivity index is 2.09. The summed E-state index contributed by atoms with van der Waals surface area (Å²) in [5.41, 5.74) is 0.301. The van der Waals surface area contributed by atoms with Gasteiger partial charge in [0.05, 0.1) is 0 Å². The maximum absolute atomic E-state index is 3.90. The minimum atomic E-state index is 0.301. The third kappa shape index (κ3) is 4.69. The molecule has 21 heavy (non-hydrogen) atoms. The summed E-state index contributed by atoms with van der Waals surface area (Å²) in [6.07, 6.45) is 14.3. The first-order valence-electron chi connectivity index (χ1n) is 9.64. The lowest BCUT2D eigenvalue weighted by Gasteiger charge is -2.47. The van der Waals surface area contributed by atoms with Gasteiger partial charge >= 0.3 is 0 Å². The maximum Gasteiger partial charge on any atom is 0.0308 e. The Morgan fingerprint density at radius 1 is 0.905 bits per heavy atom. The maximum atomic E-state index is 3.90. The average molecular weight is 295 g/mol. The molecule has 0 bridgehead atoms. The van der Waals surface area contributed by atoms with Crippen LogP contribution in [0.4, 0.5) is 0 Å². The van der Waals surface area contributed by atoms with E-state index in [-0.39, 0.29) is 0 Å². The van der Waals surface area contributed by atoms with Crippen LogP contribution in [-0.2, 0) is 0 Å². The summed E-state index contributed by atoms with van der Waals surface area (Å²) in [6, 6.07) is 0.665. The van der Waals surface area contributed by atoms with Gasteiger partial charge in [-0.3, -0.25) is 4.90 Å². The molecule has 2 nitrogen and oxygen atoms in total. The normalized spacial score (nSPS) is 25.3. The standard InChI is InChI=1S/C19H38N2/c1-4-20-18(17-13-9-5-6-10-14-17)19(2,3)21-15-11-7-8-12-16-21/h17-18,20H,4-16H2,1-3H3. The van der Waals surface area contributed by atoms with E-state index in [1.54, 1.807) is 0 Å². The Morgan fingerprint density at radius 2 is 1.43 bits per heavy atom. The van der Waals surface area contributed by atoms with Crippen LogP contribution in [0, 0.1) is 5.92 Å². The fourth-order valence-electron chi connectivity index (χ4n) is 4.70. The third-order valence-electron chi connectivity index (χ3n) is 5.98. The van der Waals surface area contributed by atoms with Crippen LogP contribution < -0.4 is 5.32 Å². The molecule has 0 aromatic heterocycles. The van der Waals surface area contributed by atoms with Gasteiger partial charge in [-0.15, -0.1) is 0 Å². The molecule has 2 fully saturated rings. The number of hydrogen-bond acceptors (Lipinski definition) is 2. The number of nitrogens with zero attached hydrogens (tertiary/aromatic N) is 1. The Kier molecular flexibility index (Phi) is 7.01. The van der Waals surface area contributed by atoms with E-state index in [2.05, 4.69) is 31.0 Å². The quantitative estimate of drug-likeness (QED) is 0.746. The van der Waals surface area contributed by atoms with Crippen LogP contribution in [0.15, 0.2) is 0 Å². The van der Waals surface area contributed by atoms with Crippen LogP contribution in [0.1, 0.15) is 85.0 Å². The van der Waals surface area contributed by atoms with Gasteiger partial charge in [-0.25, -0.2) is 0 Å². The molecule has 0 radical (unpaired) electrons. The van der Waals surface area contributed by atoms with Crippen molar-refractivity contribution in [1.82, 2.24) is 10.2 Å². The summed E-state index contributed by atoms with van der Waals surface area (Å²) in [6.45, 7) is 11.0. The zero-order chi connectivity index (χ0) is 15.1. The molecule has 2 rings (SSSR count). The molecule has 1 unspecified atom stereocenters. The third-order valence-corrected chi connectivity index (χ3v) is 5.98. The van der Waals surface area contributed by atoms with Gasteiger partial charge in [0.15, 0.2) is 0 Å². The highest BCUT2D eigenvalue weighted by Crippen LogP contribution is 2.34. The second kappa shape index (κ2) is 8.53. The topological polar surface area (TPSA) is 15.3 Å². The Morgan fingerprint density at radius 3 is 1.95 bits per heavy atom. The van der Waals surface area contributed by atoms with Gasteiger partial charge in [0.25, 0.3) is 0 Å². The van der Waals surface area contributed by atoms with Gasteiger partial charge in [-0.1, -0.05) is 45.4 Å². The minimum absolute atomic E-state index is 0.301. The molecule has 1 saturated carbocycles. The molecule has 2 aliphatic rings. The lowest BCUT2D eigenvalue weighted by atomic mass is 9.79. The van der Waals surface area contributed by atoms with E-state index < -0.39 is 0 Å². The molecular weight excluding hydrogens is 256 g/mol. The van der Waals surface area contributed by atoms with Gasteiger partial charge in [-0.2, -0.15) is 0 Å². The number of nitrogens with one attached hydrogen (secondary N) is 1. The van der Waals surface area contributed by atoms with Gasteiger partial charge in [0.1, 0.15) is 0 Å². The number of rotatable bonds is 5. The van der Waals surface area contributed by atoms with E-state index in [1.165, 1.54) is 77.3 Å². The Hall–Kier alpha value is -0.0800. The lowest BCUT2D eigenvalue weighted by molar-refractivity contribution is 0.0551.